The fourth-order valence-corrected chi connectivity index (χ4v) is 2.53. The van der Waals surface area contributed by atoms with Gasteiger partial charge in [-0.2, -0.15) is 0 Å². The van der Waals surface area contributed by atoms with Crippen molar-refractivity contribution < 1.29 is 9.53 Å². The Morgan fingerprint density at radius 2 is 2.04 bits per heavy atom. The van der Waals surface area contributed by atoms with Crippen molar-refractivity contribution in [2.45, 2.75) is 26.2 Å². The topological polar surface area (TPSA) is 63.6 Å². The summed E-state index contributed by atoms with van der Waals surface area (Å²) in [4.78, 5) is 19.7. The van der Waals surface area contributed by atoms with Crippen molar-refractivity contribution in [2.75, 3.05) is 12.4 Å². The molecule has 0 radical (unpaired) electrons. The van der Waals surface area contributed by atoms with Crippen LogP contribution < -0.4 is 5.32 Å². The molecule has 1 aromatic carbocycles. The first-order valence-corrected chi connectivity index (χ1v) is 8.81. The Morgan fingerprint density at radius 1 is 1.26 bits per heavy atom. The number of aryl methyl sites for hydroxylation is 1. The van der Waals surface area contributed by atoms with Crippen LogP contribution in [0.5, 0.6) is 0 Å². The van der Waals surface area contributed by atoms with E-state index in [9.17, 15) is 4.79 Å². The molecule has 2 rings (SSSR count). The van der Waals surface area contributed by atoms with Crippen molar-refractivity contribution in [1.82, 2.24) is 4.98 Å². The number of rotatable bonds is 9. The summed E-state index contributed by atoms with van der Waals surface area (Å²) in [5, 5.41) is 2.85. The summed E-state index contributed by atoms with van der Waals surface area (Å²) < 4.78 is 5.06. The van der Waals surface area contributed by atoms with E-state index in [-0.39, 0.29) is 5.91 Å². The van der Waals surface area contributed by atoms with E-state index in [4.69, 9.17) is 4.74 Å². The quantitative estimate of drug-likeness (QED) is 0.401. The van der Waals surface area contributed by atoms with Gasteiger partial charge in [0.2, 0.25) is 11.8 Å². The van der Waals surface area contributed by atoms with Crippen LogP contribution in [0.4, 0.5) is 5.69 Å². The molecule has 1 N–H and O–H groups in total. The maximum absolute atomic E-state index is 11.9. The number of carbonyl (C=O) groups is 1. The van der Waals surface area contributed by atoms with Crippen LogP contribution >= 0.6 is 0 Å². The van der Waals surface area contributed by atoms with E-state index in [1.807, 2.05) is 19.1 Å². The van der Waals surface area contributed by atoms with E-state index in [1.54, 1.807) is 31.6 Å². The van der Waals surface area contributed by atoms with Gasteiger partial charge in [0, 0.05) is 18.7 Å². The molecule has 27 heavy (non-hydrogen) atoms. The van der Waals surface area contributed by atoms with Crippen molar-refractivity contribution >= 4 is 23.9 Å². The van der Waals surface area contributed by atoms with Crippen LogP contribution in [0.15, 0.2) is 71.8 Å². The zero-order valence-corrected chi connectivity index (χ0v) is 15.8. The van der Waals surface area contributed by atoms with Gasteiger partial charge < -0.3 is 10.1 Å². The van der Waals surface area contributed by atoms with Crippen molar-refractivity contribution in [3.63, 3.8) is 0 Å². The average Bonchev–Trinajstić information content (AvgIpc) is 2.70. The van der Waals surface area contributed by atoms with E-state index in [0.29, 0.717) is 12.3 Å². The van der Waals surface area contributed by atoms with Crippen molar-refractivity contribution in [2.24, 2.45) is 4.99 Å². The Bertz CT molecular complexity index is 809. The molecule has 1 amide bonds. The average molecular weight is 363 g/mol. The van der Waals surface area contributed by atoms with E-state index < -0.39 is 0 Å². The fraction of sp³-hybridized carbons (Fsp3) is 0.227. The summed E-state index contributed by atoms with van der Waals surface area (Å²) >= 11 is 0. The number of aromatic nitrogens is 1. The van der Waals surface area contributed by atoms with Crippen molar-refractivity contribution in [3.8, 4) is 0 Å². The highest BCUT2D eigenvalue weighted by atomic mass is 16.5. The maximum atomic E-state index is 11.9. The second-order valence-corrected chi connectivity index (χ2v) is 6.06. The molecule has 1 heterocycles. The number of amides is 1. The van der Waals surface area contributed by atoms with E-state index in [1.165, 1.54) is 5.56 Å². The molecule has 0 unspecified atom stereocenters. The largest absolute Gasteiger partial charge is 0.481 e. The molecule has 0 aliphatic rings. The number of ether oxygens (including phenoxy) is 1. The summed E-state index contributed by atoms with van der Waals surface area (Å²) in [5.41, 5.74) is 4.17. The van der Waals surface area contributed by atoms with Crippen LogP contribution in [-0.2, 0) is 16.0 Å². The van der Waals surface area contributed by atoms with Gasteiger partial charge in [-0.1, -0.05) is 30.3 Å². The zero-order chi connectivity index (χ0) is 19.5. The lowest BCUT2D eigenvalue weighted by Gasteiger charge is -2.06. The lowest BCUT2D eigenvalue weighted by molar-refractivity contribution is -0.116. The Balaban J connectivity index is 1.83. The minimum atomic E-state index is 0.00922. The van der Waals surface area contributed by atoms with Gasteiger partial charge in [-0.05, 0) is 55.3 Å². The Hall–Kier alpha value is -3.21. The lowest BCUT2D eigenvalue weighted by atomic mass is 10.0. The summed E-state index contributed by atoms with van der Waals surface area (Å²) in [6, 6.07) is 12.0. The van der Waals surface area contributed by atoms with Gasteiger partial charge in [-0.3, -0.25) is 9.78 Å². The number of methoxy groups -OCH3 is 1. The number of benzene rings is 1. The Morgan fingerprint density at radius 3 is 2.67 bits per heavy atom. The van der Waals surface area contributed by atoms with Crippen LogP contribution in [0.1, 0.15) is 30.9 Å². The van der Waals surface area contributed by atoms with Crippen LogP contribution in [0.3, 0.4) is 0 Å². The third-order valence-electron chi connectivity index (χ3n) is 4.06. The minimum Gasteiger partial charge on any atom is -0.481 e. The van der Waals surface area contributed by atoms with Gasteiger partial charge in [0.05, 0.1) is 19.0 Å². The smallest absolute Gasteiger partial charge is 0.224 e. The van der Waals surface area contributed by atoms with Gasteiger partial charge in [-0.15, -0.1) is 0 Å². The number of hydrogen-bond acceptors (Lipinski definition) is 4. The number of allylic oxidation sites excluding steroid dienone is 3. The second-order valence-electron chi connectivity index (χ2n) is 6.06. The molecule has 0 bridgehead atoms. The summed E-state index contributed by atoms with van der Waals surface area (Å²) in [5.74, 6) is 0.491. The molecule has 140 valence electrons. The first-order chi connectivity index (χ1) is 13.1. The van der Waals surface area contributed by atoms with Gasteiger partial charge in [0.15, 0.2) is 0 Å². The van der Waals surface area contributed by atoms with E-state index in [0.717, 1.165) is 29.7 Å². The third-order valence-corrected chi connectivity index (χ3v) is 4.06. The molecule has 0 fully saturated rings. The first-order valence-electron chi connectivity index (χ1n) is 8.81. The molecular formula is C22H25N3O2. The SMILES string of the molecule is C=N/C(=C\C=C(/C)c1ccc(CCCC(=O)Nc2cccnc2)cc1)OC. The highest BCUT2D eigenvalue weighted by Gasteiger charge is 2.03. The van der Waals surface area contributed by atoms with Crippen molar-refractivity contribution in [1.29, 1.82) is 0 Å². The van der Waals surface area contributed by atoms with Crippen LogP contribution in [0.25, 0.3) is 5.57 Å². The summed E-state index contributed by atoms with van der Waals surface area (Å²) in [6.45, 7) is 5.49. The molecule has 0 aliphatic carbocycles. The highest BCUT2D eigenvalue weighted by molar-refractivity contribution is 5.90. The number of nitrogens with one attached hydrogen (secondary N) is 1. The molecule has 2 aromatic rings. The molecular weight excluding hydrogens is 338 g/mol. The van der Waals surface area contributed by atoms with Crippen molar-refractivity contribution in [3.05, 3.63) is 78.0 Å². The number of nitrogens with zero attached hydrogens (tertiary/aromatic N) is 2. The molecule has 5 nitrogen and oxygen atoms in total. The first kappa shape index (κ1) is 20.1. The number of carbonyl (C=O) groups excluding carboxylic acids is 1. The van der Waals surface area contributed by atoms with Gasteiger partial charge in [-0.25, -0.2) is 4.99 Å². The van der Waals surface area contributed by atoms with Crippen LogP contribution in [0, 0.1) is 0 Å². The predicted octanol–water partition coefficient (Wildman–Crippen LogP) is 4.63. The molecule has 1 aromatic heterocycles. The number of aliphatic imine (C=N–C) groups is 1. The Labute approximate surface area is 160 Å². The molecule has 0 aliphatic heterocycles. The third kappa shape index (κ3) is 6.90. The second kappa shape index (κ2) is 10.7. The van der Waals surface area contributed by atoms with Gasteiger partial charge in [0.1, 0.15) is 0 Å². The molecule has 0 spiro atoms. The number of anilines is 1. The van der Waals surface area contributed by atoms with Gasteiger partial charge >= 0.3 is 0 Å². The molecule has 0 atom stereocenters. The summed E-state index contributed by atoms with van der Waals surface area (Å²) in [7, 11) is 1.56. The monoisotopic (exact) mass is 363 g/mol. The highest BCUT2D eigenvalue weighted by Crippen LogP contribution is 2.16. The van der Waals surface area contributed by atoms with Crippen LogP contribution in [0.2, 0.25) is 0 Å². The zero-order valence-electron chi connectivity index (χ0n) is 15.8. The van der Waals surface area contributed by atoms with Crippen LogP contribution in [-0.4, -0.2) is 24.7 Å². The molecule has 5 heteroatoms. The lowest BCUT2D eigenvalue weighted by Crippen LogP contribution is -2.11. The standard InChI is InChI=1S/C22H25N3O2/c1-17(9-14-22(23-2)27-3)19-12-10-18(11-13-19)6-4-8-21(26)25-20-7-5-15-24-16-20/h5,7,9-16H,2,4,6,8H2,1,3H3,(H,25,26)/b17-9+,22-14+. The van der Waals surface area contributed by atoms with E-state index >= 15 is 0 Å². The summed E-state index contributed by atoms with van der Waals surface area (Å²) in [6.07, 6.45) is 9.20. The van der Waals surface area contributed by atoms with Gasteiger partial charge in [0.25, 0.3) is 0 Å². The normalized spacial score (nSPS) is 11.8. The number of hydrogen-bond donors (Lipinski definition) is 1. The molecule has 0 saturated heterocycles. The van der Waals surface area contributed by atoms with E-state index in [2.05, 4.69) is 46.3 Å². The predicted molar refractivity (Wildman–Crippen MR) is 111 cm³/mol. The maximum Gasteiger partial charge on any atom is 0.224 e. The Kier molecular flexibility index (Phi) is 7.97. The minimum absolute atomic E-state index is 0.00922. The number of pyridine rings is 1. The molecule has 0 saturated carbocycles. The fourth-order valence-electron chi connectivity index (χ4n) is 2.53.